The highest BCUT2D eigenvalue weighted by Crippen LogP contribution is 2.41. The summed E-state index contributed by atoms with van der Waals surface area (Å²) in [4.78, 5) is 31.7. The van der Waals surface area contributed by atoms with Crippen molar-refractivity contribution in [3.05, 3.63) is 93.3 Å². The Morgan fingerprint density at radius 3 is 2.43 bits per heavy atom. The minimum Gasteiger partial charge on any atom is -0.490 e. The number of carbonyl (C=O) groups is 2. The fraction of sp³-hybridized carbons (Fsp3) is 0.179. The van der Waals surface area contributed by atoms with Gasteiger partial charge >= 0.3 is 5.97 Å². The first kappa shape index (κ1) is 26.5. The number of hydrogen-bond acceptors (Lipinski definition) is 6. The molecule has 0 spiro atoms. The maximum absolute atomic E-state index is 13.7. The van der Waals surface area contributed by atoms with Crippen molar-refractivity contribution in [1.29, 1.82) is 0 Å². The topological polar surface area (TPSA) is 88.4 Å². The molecule has 0 unspecified atom stereocenters. The molecule has 1 amide bonds. The molecule has 0 aliphatic carbocycles. The van der Waals surface area contributed by atoms with E-state index in [1.54, 1.807) is 23.1 Å². The van der Waals surface area contributed by atoms with Crippen LogP contribution in [0.4, 0.5) is 5.69 Å². The van der Waals surface area contributed by atoms with Crippen molar-refractivity contribution in [2.75, 3.05) is 13.2 Å². The Labute approximate surface area is 227 Å². The Kier molecular flexibility index (Phi) is 8.68. The molecular weight excluding hydrogens is 556 g/mol. The summed E-state index contributed by atoms with van der Waals surface area (Å²) in [6.45, 7) is 3.67. The van der Waals surface area contributed by atoms with E-state index >= 15 is 0 Å². The van der Waals surface area contributed by atoms with Gasteiger partial charge in [-0.3, -0.25) is 9.69 Å². The molecule has 1 aliphatic heterocycles. The Bertz CT molecular complexity index is 1350. The van der Waals surface area contributed by atoms with Crippen molar-refractivity contribution >= 4 is 56.5 Å². The number of carboxylic acid groups (broad SMARTS) is 1. The van der Waals surface area contributed by atoms with E-state index in [0.29, 0.717) is 38.2 Å². The molecule has 1 N–H and O–H groups in total. The molecule has 1 fully saturated rings. The highest BCUT2D eigenvalue weighted by atomic mass is 79.9. The number of halogens is 1. The van der Waals surface area contributed by atoms with E-state index in [1.165, 1.54) is 11.8 Å². The number of aliphatic carboxylic acids is 1. The van der Waals surface area contributed by atoms with Crippen LogP contribution in [0.3, 0.4) is 0 Å². The van der Waals surface area contributed by atoms with Gasteiger partial charge in [0.1, 0.15) is 0 Å². The van der Waals surface area contributed by atoms with Crippen molar-refractivity contribution < 1.29 is 24.2 Å². The third kappa shape index (κ3) is 6.42. The lowest BCUT2D eigenvalue weighted by molar-refractivity contribution is -0.139. The summed E-state index contributed by atoms with van der Waals surface area (Å²) in [5, 5.41) is 9.58. The molecule has 3 aromatic rings. The van der Waals surface area contributed by atoms with E-state index in [4.69, 9.17) is 19.6 Å². The minimum absolute atomic E-state index is 0.156. The van der Waals surface area contributed by atoms with Gasteiger partial charge in [-0.1, -0.05) is 48.5 Å². The van der Waals surface area contributed by atoms with Crippen LogP contribution in [0.1, 0.15) is 31.0 Å². The van der Waals surface area contributed by atoms with Gasteiger partial charge in [0.25, 0.3) is 5.91 Å². The Balaban J connectivity index is 1.73. The second-order valence-electron chi connectivity index (χ2n) is 8.05. The first-order valence-electron chi connectivity index (χ1n) is 11.6. The molecule has 0 aromatic heterocycles. The van der Waals surface area contributed by atoms with Gasteiger partial charge in [-0.2, -0.15) is 0 Å². The fourth-order valence-corrected chi connectivity index (χ4v) is 5.40. The van der Waals surface area contributed by atoms with Crippen molar-refractivity contribution in [3.8, 4) is 11.5 Å². The SMILES string of the molecule is CCOc1cc(/C=C2/SC(=Nc3ccccc3)N([C@H](C)c3ccccc3)C2=O)cc(Br)c1OCC(=O)O. The Morgan fingerprint density at radius 1 is 1.11 bits per heavy atom. The number of hydrogen-bond donors (Lipinski definition) is 1. The number of nitrogens with zero attached hydrogens (tertiary/aromatic N) is 2. The Hall–Kier alpha value is -3.56. The monoisotopic (exact) mass is 580 g/mol. The summed E-state index contributed by atoms with van der Waals surface area (Å²) < 4.78 is 11.6. The second kappa shape index (κ2) is 12.1. The number of amides is 1. The molecule has 0 bridgehead atoms. The standard InChI is InChI=1S/C28H25BrN2O5S/c1-3-35-23-15-19(14-22(29)26(23)36-17-25(32)33)16-24-27(34)31(18(2)20-10-6-4-7-11-20)28(37-24)30-21-12-8-5-9-13-21/h4-16,18H,3,17H2,1-2H3,(H,32,33)/b24-16+,30-28?/t18-/m1/s1. The lowest BCUT2D eigenvalue weighted by atomic mass is 10.1. The van der Waals surface area contributed by atoms with Gasteiger partial charge in [0.05, 0.1) is 27.7 Å². The van der Waals surface area contributed by atoms with Crippen molar-refractivity contribution in [3.63, 3.8) is 0 Å². The largest absolute Gasteiger partial charge is 0.490 e. The average Bonchev–Trinajstić information content (AvgIpc) is 3.18. The smallest absolute Gasteiger partial charge is 0.341 e. The Morgan fingerprint density at radius 2 is 1.78 bits per heavy atom. The van der Waals surface area contributed by atoms with Crippen LogP contribution < -0.4 is 9.47 Å². The number of benzene rings is 3. The molecule has 1 heterocycles. The number of para-hydroxylation sites is 1. The van der Waals surface area contributed by atoms with Crippen LogP contribution in [-0.2, 0) is 9.59 Å². The van der Waals surface area contributed by atoms with E-state index in [1.807, 2.05) is 74.5 Å². The number of carboxylic acids is 1. The lowest BCUT2D eigenvalue weighted by Gasteiger charge is -2.24. The predicted molar refractivity (Wildman–Crippen MR) is 149 cm³/mol. The number of carbonyl (C=O) groups excluding carboxylic acids is 1. The zero-order valence-corrected chi connectivity index (χ0v) is 22.7. The zero-order chi connectivity index (χ0) is 26.4. The van der Waals surface area contributed by atoms with Crippen molar-refractivity contribution in [1.82, 2.24) is 4.90 Å². The summed E-state index contributed by atoms with van der Waals surface area (Å²) in [5.74, 6) is -0.571. The van der Waals surface area contributed by atoms with Gasteiger partial charge in [0, 0.05) is 0 Å². The first-order valence-corrected chi connectivity index (χ1v) is 13.2. The molecule has 37 heavy (non-hydrogen) atoms. The first-order chi connectivity index (χ1) is 17.9. The lowest BCUT2D eigenvalue weighted by Crippen LogP contribution is -2.32. The summed E-state index contributed by atoms with van der Waals surface area (Å²) in [6, 6.07) is 22.6. The van der Waals surface area contributed by atoms with E-state index in [2.05, 4.69) is 15.9 Å². The molecule has 9 heteroatoms. The second-order valence-corrected chi connectivity index (χ2v) is 9.91. The third-order valence-corrected chi connectivity index (χ3v) is 7.03. The van der Waals surface area contributed by atoms with Gasteiger partial charge in [-0.05, 0) is 83.0 Å². The molecule has 3 aromatic carbocycles. The molecule has 0 saturated carbocycles. The quantitative estimate of drug-likeness (QED) is 0.284. The van der Waals surface area contributed by atoms with Crippen molar-refractivity contribution in [2.45, 2.75) is 19.9 Å². The molecule has 1 aliphatic rings. The third-order valence-electron chi connectivity index (χ3n) is 5.46. The summed E-state index contributed by atoms with van der Waals surface area (Å²) in [5.41, 5.74) is 2.45. The van der Waals surface area contributed by atoms with Crippen molar-refractivity contribution in [2.24, 2.45) is 4.99 Å². The van der Waals surface area contributed by atoms with Crippen LogP contribution >= 0.6 is 27.7 Å². The highest BCUT2D eigenvalue weighted by molar-refractivity contribution is 9.10. The van der Waals surface area contributed by atoms with Gasteiger partial charge in [0.15, 0.2) is 23.3 Å². The normalized spacial score (nSPS) is 16.3. The van der Waals surface area contributed by atoms with E-state index in [-0.39, 0.29) is 11.9 Å². The summed E-state index contributed by atoms with van der Waals surface area (Å²) in [6.07, 6.45) is 1.78. The molecule has 1 atom stereocenters. The average molecular weight is 581 g/mol. The molecule has 4 rings (SSSR count). The van der Waals surface area contributed by atoms with Crippen LogP contribution in [0.15, 0.2) is 87.2 Å². The number of rotatable bonds is 9. The fourth-order valence-electron chi connectivity index (χ4n) is 3.76. The van der Waals surface area contributed by atoms with Crippen LogP contribution in [0.2, 0.25) is 0 Å². The van der Waals surface area contributed by atoms with E-state index in [9.17, 15) is 9.59 Å². The van der Waals surface area contributed by atoms with Gasteiger partial charge in [-0.15, -0.1) is 0 Å². The minimum atomic E-state index is -1.09. The molecule has 1 saturated heterocycles. The molecule has 190 valence electrons. The number of amidine groups is 1. The number of ether oxygens (including phenoxy) is 2. The van der Waals surface area contributed by atoms with Gasteiger partial charge in [-0.25, -0.2) is 9.79 Å². The summed E-state index contributed by atoms with van der Waals surface area (Å²) in [7, 11) is 0. The van der Waals surface area contributed by atoms with Crippen LogP contribution in [0, 0.1) is 0 Å². The number of thioether (sulfide) groups is 1. The molecule has 0 radical (unpaired) electrons. The van der Waals surface area contributed by atoms with Gasteiger partial charge in [0.2, 0.25) is 0 Å². The highest BCUT2D eigenvalue weighted by Gasteiger charge is 2.37. The zero-order valence-electron chi connectivity index (χ0n) is 20.3. The predicted octanol–water partition coefficient (Wildman–Crippen LogP) is 6.68. The molecule has 7 nitrogen and oxygen atoms in total. The summed E-state index contributed by atoms with van der Waals surface area (Å²) >= 11 is 4.76. The van der Waals surface area contributed by atoms with Gasteiger partial charge < -0.3 is 14.6 Å². The van der Waals surface area contributed by atoms with Crippen LogP contribution in [0.25, 0.3) is 6.08 Å². The molecular formula is C28H25BrN2O5S. The maximum Gasteiger partial charge on any atom is 0.341 e. The van der Waals surface area contributed by atoms with Crippen LogP contribution in [0.5, 0.6) is 11.5 Å². The maximum atomic E-state index is 13.7. The van der Waals surface area contributed by atoms with E-state index < -0.39 is 12.6 Å². The number of aliphatic imine (C=N–C) groups is 1. The van der Waals surface area contributed by atoms with Crippen LogP contribution in [-0.4, -0.2) is 40.3 Å². The van der Waals surface area contributed by atoms with E-state index in [0.717, 1.165) is 11.3 Å².